The van der Waals surface area contributed by atoms with Gasteiger partial charge in [0.25, 0.3) is 0 Å². The molecule has 0 saturated carbocycles. The first-order valence-corrected chi connectivity index (χ1v) is 16.7. The summed E-state index contributed by atoms with van der Waals surface area (Å²) in [4.78, 5) is 34.8. The van der Waals surface area contributed by atoms with E-state index in [-0.39, 0.29) is 23.9 Å². The molecule has 10 heteroatoms. The van der Waals surface area contributed by atoms with Crippen molar-refractivity contribution in [2.24, 2.45) is 5.92 Å². The van der Waals surface area contributed by atoms with Crippen LogP contribution in [0, 0.1) is 18.7 Å². The molecule has 2 aromatic carbocycles. The minimum atomic E-state index is -0.674. The first-order valence-electron chi connectivity index (χ1n) is 16.7. The van der Waals surface area contributed by atoms with E-state index in [1.165, 1.54) is 6.07 Å². The monoisotopic (exact) mass is 662 g/mol. The quantitative estimate of drug-likeness (QED) is 0.207. The van der Waals surface area contributed by atoms with Crippen LogP contribution in [0.3, 0.4) is 0 Å². The number of rotatable bonds is 12. The summed E-state index contributed by atoms with van der Waals surface area (Å²) in [5.41, 5.74) is 2.35. The van der Waals surface area contributed by atoms with Crippen LogP contribution in [0.1, 0.15) is 63.9 Å². The van der Waals surface area contributed by atoms with Crippen LogP contribution in [-0.4, -0.2) is 72.2 Å². The lowest BCUT2D eigenvalue weighted by molar-refractivity contribution is 0.0186. The first kappa shape index (κ1) is 36.8. The Bertz CT molecular complexity index is 1500. The van der Waals surface area contributed by atoms with Gasteiger partial charge in [0.05, 0.1) is 25.8 Å². The molecule has 3 aromatic rings. The molecule has 1 N–H and O–H groups in total. The summed E-state index contributed by atoms with van der Waals surface area (Å²) in [5, 5.41) is 3.37. The van der Waals surface area contributed by atoms with Crippen LogP contribution in [0.25, 0.3) is 0 Å². The molecule has 2 heterocycles. The molecule has 0 radical (unpaired) electrons. The first-order chi connectivity index (χ1) is 22.6. The van der Waals surface area contributed by atoms with Crippen molar-refractivity contribution in [3.05, 3.63) is 94.9 Å². The summed E-state index contributed by atoms with van der Waals surface area (Å²) < 4.78 is 31.3. The maximum atomic E-state index is 13.5. The van der Waals surface area contributed by atoms with Crippen LogP contribution in [-0.2, 0) is 33.6 Å². The number of ether oxygens (including phenoxy) is 3. The number of nitrogens with one attached hydrogen (secondary N) is 1. The molecule has 1 aliphatic heterocycles. The Morgan fingerprint density at radius 1 is 0.917 bits per heavy atom. The van der Waals surface area contributed by atoms with Crippen molar-refractivity contribution in [3.8, 4) is 0 Å². The molecule has 1 fully saturated rings. The highest BCUT2D eigenvalue weighted by molar-refractivity contribution is 5.86. The minimum absolute atomic E-state index is 0.0453. The Labute approximate surface area is 284 Å². The molecule has 260 valence electrons. The number of hydrogen-bond acceptors (Lipinski definition) is 7. The average Bonchev–Trinajstić information content (AvgIpc) is 3.38. The SMILES string of the molecule is Cc1cc(C[C@@H]2CN(C(=O)OC(C)(C)C)C[C@@H]2OCCNCCc2cccc(F)c2)nc(N(Cc2ccccc2)C(=O)OC(C)(C)C)c1. The highest BCUT2D eigenvalue weighted by atomic mass is 19.1. The number of likely N-dealkylation sites (tertiary alicyclic amines) is 1. The van der Waals surface area contributed by atoms with Crippen molar-refractivity contribution >= 4 is 18.0 Å². The fourth-order valence-corrected chi connectivity index (χ4v) is 5.59. The normalized spacial score (nSPS) is 16.5. The molecular weight excluding hydrogens is 611 g/mol. The second kappa shape index (κ2) is 16.4. The molecule has 1 saturated heterocycles. The van der Waals surface area contributed by atoms with Gasteiger partial charge in [-0.05, 0) is 109 Å². The van der Waals surface area contributed by atoms with Gasteiger partial charge in [-0.1, -0.05) is 42.5 Å². The number of hydrogen-bond donors (Lipinski definition) is 1. The number of amides is 2. The van der Waals surface area contributed by atoms with Gasteiger partial charge >= 0.3 is 12.2 Å². The van der Waals surface area contributed by atoms with Crippen LogP contribution in [0.4, 0.5) is 19.8 Å². The number of benzene rings is 2. The van der Waals surface area contributed by atoms with E-state index in [0.29, 0.717) is 58.0 Å². The van der Waals surface area contributed by atoms with Gasteiger partial charge < -0.3 is 24.4 Å². The fraction of sp³-hybridized carbons (Fsp3) is 0.500. The Kier molecular flexibility index (Phi) is 12.6. The lowest BCUT2D eigenvalue weighted by Crippen LogP contribution is -2.37. The summed E-state index contributed by atoms with van der Waals surface area (Å²) in [7, 11) is 0. The second-order valence-corrected chi connectivity index (χ2v) is 14.4. The molecule has 0 spiro atoms. The molecule has 48 heavy (non-hydrogen) atoms. The molecule has 0 bridgehead atoms. The molecule has 1 aromatic heterocycles. The van der Waals surface area contributed by atoms with Gasteiger partial charge in [-0.3, -0.25) is 4.90 Å². The lowest BCUT2D eigenvalue weighted by Gasteiger charge is -2.27. The van der Waals surface area contributed by atoms with Crippen molar-refractivity contribution in [1.82, 2.24) is 15.2 Å². The number of aryl methyl sites for hydroxylation is 1. The summed E-state index contributed by atoms with van der Waals surface area (Å²) in [6, 6.07) is 20.3. The molecule has 2 atom stereocenters. The fourth-order valence-electron chi connectivity index (χ4n) is 5.59. The summed E-state index contributed by atoms with van der Waals surface area (Å²) >= 11 is 0. The van der Waals surface area contributed by atoms with E-state index in [0.717, 1.165) is 22.4 Å². The number of carbonyl (C=O) groups is 2. The number of anilines is 1. The second-order valence-electron chi connectivity index (χ2n) is 14.4. The van der Waals surface area contributed by atoms with E-state index in [9.17, 15) is 14.0 Å². The van der Waals surface area contributed by atoms with Gasteiger partial charge in [0.1, 0.15) is 22.8 Å². The van der Waals surface area contributed by atoms with Crippen LogP contribution in [0.5, 0.6) is 0 Å². The summed E-state index contributed by atoms with van der Waals surface area (Å²) in [6.07, 6.45) is 0.170. The average molecular weight is 663 g/mol. The van der Waals surface area contributed by atoms with E-state index >= 15 is 0 Å². The highest BCUT2D eigenvalue weighted by Crippen LogP contribution is 2.28. The van der Waals surface area contributed by atoms with E-state index in [1.54, 1.807) is 21.9 Å². The predicted molar refractivity (Wildman–Crippen MR) is 186 cm³/mol. The molecule has 2 amide bonds. The van der Waals surface area contributed by atoms with Gasteiger partial charge in [-0.25, -0.2) is 19.0 Å². The third kappa shape index (κ3) is 11.9. The number of aromatic nitrogens is 1. The zero-order valence-corrected chi connectivity index (χ0v) is 29.4. The molecule has 1 aliphatic rings. The lowest BCUT2D eigenvalue weighted by atomic mass is 9.98. The molecule has 4 rings (SSSR count). The van der Waals surface area contributed by atoms with Gasteiger partial charge in [0.2, 0.25) is 0 Å². The van der Waals surface area contributed by atoms with Gasteiger partial charge in [-0.2, -0.15) is 0 Å². The van der Waals surface area contributed by atoms with E-state index in [2.05, 4.69) is 5.32 Å². The summed E-state index contributed by atoms with van der Waals surface area (Å²) in [5.74, 6) is 0.225. The van der Waals surface area contributed by atoms with Crippen molar-refractivity contribution < 1.29 is 28.2 Å². The number of carbonyl (C=O) groups excluding carboxylic acids is 2. The topological polar surface area (TPSA) is 93.2 Å². The third-order valence-electron chi connectivity index (χ3n) is 7.68. The van der Waals surface area contributed by atoms with Crippen molar-refractivity contribution in [1.29, 1.82) is 0 Å². The van der Waals surface area contributed by atoms with Crippen molar-refractivity contribution in [2.75, 3.05) is 37.7 Å². The van der Waals surface area contributed by atoms with Gasteiger partial charge in [0.15, 0.2) is 0 Å². The maximum Gasteiger partial charge on any atom is 0.416 e. The summed E-state index contributed by atoms with van der Waals surface area (Å²) in [6.45, 7) is 16.0. The van der Waals surface area contributed by atoms with E-state index in [1.807, 2.05) is 97.0 Å². The number of pyridine rings is 1. The Morgan fingerprint density at radius 2 is 1.62 bits per heavy atom. The Morgan fingerprint density at radius 3 is 2.31 bits per heavy atom. The molecule has 0 aliphatic carbocycles. The van der Waals surface area contributed by atoms with E-state index < -0.39 is 17.3 Å². The molecule has 9 nitrogen and oxygen atoms in total. The van der Waals surface area contributed by atoms with Crippen LogP contribution in [0.15, 0.2) is 66.7 Å². The van der Waals surface area contributed by atoms with Crippen LogP contribution >= 0.6 is 0 Å². The van der Waals surface area contributed by atoms with E-state index in [4.69, 9.17) is 19.2 Å². The zero-order valence-electron chi connectivity index (χ0n) is 29.4. The maximum absolute atomic E-state index is 13.5. The van der Waals surface area contributed by atoms with Crippen LogP contribution < -0.4 is 10.2 Å². The number of halogens is 1. The highest BCUT2D eigenvalue weighted by Gasteiger charge is 2.38. The third-order valence-corrected chi connectivity index (χ3v) is 7.68. The zero-order chi connectivity index (χ0) is 34.9. The van der Waals surface area contributed by atoms with Gasteiger partial charge in [0, 0.05) is 24.7 Å². The van der Waals surface area contributed by atoms with Crippen molar-refractivity contribution in [2.45, 2.75) is 85.2 Å². The molecular formula is C38H51FN4O5. The Hall–Kier alpha value is -4.02. The van der Waals surface area contributed by atoms with Crippen LogP contribution in [0.2, 0.25) is 0 Å². The van der Waals surface area contributed by atoms with Crippen molar-refractivity contribution in [3.63, 3.8) is 0 Å². The smallest absolute Gasteiger partial charge is 0.416 e. The van der Waals surface area contributed by atoms with Gasteiger partial charge in [-0.15, -0.1) is 0 Å². The number of nitrogens with zero attached hydrogens (tertiary/aromatic N) is 3. The predicted octanol–water partition coefficient (Wildman–Crippen LogP) is 7.10. The molecule has 0 unspecified atom stereocenters. The minimum Gasteiger partial charge on any atom is -0.444 e. The largest absolute Gasteiger partial charge is 0.444 e. The standard InChI is InChI=1S/C38H51FN4O5/c1-27-20-32(41-34(21-27)43(36(45)48-38(5,6)7)24-29-12-9-8-10-13-29)23-30-25-42(35(44)47-37(2,3)4)26-33(30)46-19-18-40-17-16-28-14-11-15-31(39)22-28/h8-15,20-22,30,33,40H,16-19,23-26H2,1-7H3/t30-,33+/m1/s1. The Balaban J connectivity index is 1.48.